The number of nitrogens with zero attached hydrogens (tertiary/aromatic N) is 1. The second-order valence-corrected chi connectivity index (χ2v) is 5.80. The Balaban J connectivity index is 2.19. The van der Waals surface area contributed by atoms with Crippen LogP contribution in [-0.4, -0.2) is 23.7 Å². The van der Waals surface area contributed by atoms with Gasteiger partial charge in [-0.15, -0.1) is 0 Å². The number of fused-ring (bicyclic) bond motifs is 1. The molecule has 122 valence electrons. The Morgan fingerprint density at radius 3 is 2.52 bits per heavy atom. The highest BCUT2D eigenvalue weighted by molar-refractivity contribution is 6.02. The molecule has 5 heteroatoms. The van der Waals surface area contributed by atoms with Crippen LogP contribution in [0.1, 0.15) is 35.1 Å². The summed E-state index contributed by atoms with van der Waals surface area (Å²) in [5, 5.41) is 0. The second kappa shape index (κ2) is 5.99. The van der Waals surface area contributed by atoms with E-state index >= 15 is 0 Å². The Hall–Kier alpha value is -2.43. The number of rotatable bonds is 4. The first kappa shape index (κ1) is 15.5. The zero-order valence-corrected chi connectivity index (χ0v) is 13.8. The molecule has 5 nitrogen and oxygen atoms in total. The van der Waals surface area contributed by atoms with Crippen LogP contribution >= 0.6 is 0 Å². The van der Waals surface area contributed by atoms with Crippen molar-refractivity contribution in [1.29, 1.82) is 0 Å². The lowest BCUT2D eigenvalue weighted by atomic mass is 9.99. The maximum atomic E-state index is 12.0. The maximum absolute atomic E-state index is 12.0. The van der Waals surface area contributed by atoms with Crippen molar-refractivity contribution in [3.05, 3.63) is 35.2 Å². The third kappa shape index (κ3) is 2.56. The van der Waals surface area contributed by atoms with Gasteiger partial charge in [-0.25, -0.2) is 0 Å². The van der Waals surface area contributed by atoms with E-state index in [1.807, 2.05) is 32.0 Å². The van der Waals surface area contributed by atoms with Crippen molar-refractivity contribution in [2.75, 3.05) is 13.2 Å². The maximum Gasteiger partial charge on any atom is 0.251 e. The quantitative estimate of drug-likeness (QED) is 0.943. The minimum Gasteiger partial charge on any atom is -0.486 e. The number of nitrogens with two attached hydrogens (primary N) is 1. The molecule has 1 aromatic heterocycles. The standard InChI is InChI=1S/C18H22N2O3/c1-4-7-20-11(2)16(17(12(20)3)18(19)21)13-5-6-14-15(10-13)23-9-8-22-14/h5-6,10H,4,7-9H2,1-3H3,(H2,19,21). The zero-order valence-electron chi connectivity index (χ0n) is 13.8. The van der Waals surface area contributed by atoms with E-state index in [1.165, 1.54) is 0 Å². The molecule has 0 aliphatic carbocycles. The van der Waals surface area contributed by atoms with E-state index in [4.69, 9.17) is 15.2 Å². The topological polar surface area (TPSA) is 66.5 Å². The Morgan fingerprint density at radius 2 is 1.87 bits per heavy atom. The van der Waals surface area contributed by atoms with E-state index in [-0.39, 0.29) is 0 Å². The van der Waals surface area contributed by atoms with Crippen LogP contribution in [0, 0.1) is 13.8 Å². The summed E-state index contributed by atoms with van der Waals surface area (Å²) in [7, 11) is 0. The van der Waals surface area contributed by atoms with Gasteiger partial charge < -0.3 is 19.8 Å². The molecule has 1 aliphatic heterocycles. The van der Waals surface area contributed by atoms with Crippen LogP contribution in [-0.2, 0) is 6.54 Å². The summed E-state index contributed by atoms with van der Waals surface area (Å²) in [4.78, 5) is 12.0. The van der Waals surface area contributed by atoms with E-state index in [1.54, 1.807) is 0 Å². The number of amides is 1. The smallest absolute Gasteiger partial charge is 0.251 e. The van der Waals surface area contributed by atoms with Crippen molar-refractivity contribution in [3.63, 3.8) is 0 Å². The lowest BCUT2D eigenvalue weighted by Crippen LogP contribution is -2.15. The third-order valence-corrected chi connectivity index (χ3v) is 4.31. The van der Waals surface area contributed by atoms with Crippen LogP contribution in [0.3, 0.4) is 0 Å². The number of benzene rings is 1. The minimum atomic E-state index is -0.398. The highest BCUT2D eigenvalue weighted by Crippen LogP contribution is 2.38. The summed E-state index contributed by atoms with van der Waals surface area (Å²) >= 11 is 0. The molecule has 2 heterocycles. The van der Waals surface area contributed by atoms with Gasteiger partial charge in [0.1, 0.15) is 13.2 Å². The van der Waals surface area contributed by atoms with E-state index in [9.17, 15) is 4.79 Å². The fourth-order valence-electron chi connectivity index (χ4n) is 3.30. The van der Waals surface area contributed by atoms with Gasteiger partial charge in [0.05, 0.1) is 5.56 Å². The molecule has 0 saturated carbocycles. The molecule has 0 unspecified atom stereocenters. The van der Waals surface area contributed by atoms with Crippen LogP contribution in [0.5, 0.6) is 11.5 Å². The van der Waals surface area contributed by atoms with Crippen LogP contribution < -0.4 is 15.2 Å². The van der Waals surface area contributed by atoms with Crippen molar-refractivity contribution in [1.82, 2.24) is 4.57 Å². The van der Waals surface area contributed by atoms with Crippen LogP contribution in [0.2, 0.25) is 0 Å². The van der Waals surface area contributed by atoms with Gasteiger partial charge in [0, 0.05) is 23.5 Å². The van der Waals surface area contributed by atoms with Crippen LogP contribution in [0.25, 0.3) is 11.1 Å². The first-order valence-corrected chi connectivity index (χ1v) is 7.94. The van der Waals surface area contributed by atoms with Crippen molar-refractivity contribution in [3.8, 4) is 22.6 Å². The Morgan fingerprint density at radius 1 is 1.17 bits per heavy atom. The van der Waals surface area contributed by atoms with Gasteiger partial charge in [-0.3, -0.25) is 4.79 Å². The Bertz CT molecular complexity index is 762. The first-order chi connectivity index (χ1) is 11.0. The number of primary amides is 1. The van der Waals surface area contributed by atoms with E-state index in [0.717, 1.165) is 41.2 Å². The molecule has 0 spiro atoms. The first-order valence-electron chi connectivity index (χ1n) is 7.94. The highest BCUT2D eigenvalue weighted by Gasteiger charge is 2.23. The zero-order chi connectivity index (χ0) is 16.6. The number of hydrogen-bond acceptors (Lipinski definition) is 3. The fraction of sp³-hybridized carbons (Fsp3) is 0.389. The molecule has 3 rings (SSSR count). The van der Waals surface area contributed by atoms with Crippen LogP contribution in [0.4, 0.5) is 0 Å². The third-order valence-electron chi connectivity index (χ3n) is 4.31. The molecule has 0 bridgehead atoms. The van der Waals surface area contributed by atoms with Gasteiger partial charge in [-0.2, -0.15) is 0 Å². The van der Waals surface area contributed by atoms with E-state index < -0.39 is 5.91 Å². The van der Waals surface area contributed by atoms with E-state index in [0.29, 0.717) is 24.5 Å². The molecule has 2 N–H and O–H groups in total. The highest BCUT2D eigenvalue weighted by atomic mass is 16.6. The average Bonchev–Trinajstić information content (AvgIpc) is 2.79. The summed E-state index contributed by atoms with van der Waals surface area (Å²) in [6.07, 6.45) is 0.995. The molecular weight excluding hydrogens is 292 g/mol. The molecule has 0 atom stereocenters. The monoisotopic (exact) mass is 314 g/mol. The number of ether oxygens (including phenoxy) is 2. The minimum absolute atomic E-state index is 0.398. The number of carbonyl (C=O) groups is 1. The number of aromatic nitrogens is 1. The summed E-state index contributed by atoms with van der Waals surface area (Å²) in [5.41, 5.74) is 10.0. The van der Waals surface area contributed by atoms with Crippen molar-refractivity contribution in [2.24, 2.45) is 5.73 Å². The predicted molar refractivity (Wildman–Crippen MR) is 89.1 cm³/mol. The summed E-state index contributed by atoms with van der Waals surface area (Å²) in [5.74, 6) is 1.05. The summed E-state index contributed by atoms with van der Waals surface area (Å²) in [6, 6.07) is 5.78. The van der Waals surface area contributed by atoms with Gasteiger partial charge in [0.25, 0.3) is 5.91 Å². The average molecular weight is 314 g/mol. The normalized spacial score (nSPS) is 13.2. The number of carbonyl (C=O) groups excluding carboxylic acids is 1. The fourth-order valence-corrected chi connectivity index (χ4v) is 3.30. The summed E-state index contributed by atoms with van der Waals surface area (Å²) < 4.78 is 13.4. The summed E-state index contributed by atoms with van der Waals surface area (Å²) in [6.45, 7) is 8.05. The molecule has 2 aromatic rings. The van der Waals surface area contributed by atoms with Gasteiger partial charge in [0.2, 0.25) is 0 Å². The Kier molecular flexibility index (Phi) is 4.03. The Labute approximate surface area is 136 Å². The lowest BCUT2D eigenvalue weighted by molar-refractivity contribution is 0.1000. The van der Waals surface area contributed by atoms with E-state index in [2.05, 4.69) is 11.5 Å². The molecule has 1 aliphatic rings. The van der Waals surface area contributed by atoms with Crippen molar-refractivity contribution >= 4 is 5.91 Å². The van der Waals surface area contributed by atoms with Crippen LogP contribution in [0.15, 0.2) is 18.2 Å². The molecule has 0 fully saturated rings. The largest absolute Gasteiger partial charge is 0.486 e. The number of hydrogen-bond donors (Lipinski definition) is 1. The van der Waals surface area contributed by atoms with Gasteiger partial charge in [0.15, 0.2) is 11.5 Å². The predicted octanol–water partition coefficient (Wildman–Crippen LogP) is 3.05. The second-order valence-electron chi connectivity index (χ2n) is 5.80. The van der Waals surface area contributed by atoms with Crippen molar-refractivity contribution < 1.29 is 14.3 Å². The molecule has 0 saturated heterocycles. The van der Waals surface area contributed by atoms with Crippen molar-refractivity contribution in [2.45, 2.75) is 33.7 Å². The molecule has 1 aromatic carbocycles. The molecule has 0 radical (unpaired) electrons. The molecule has 1 amide bonds. The van der Waals surface area contributed by atoms with Gasteiger partial charge in [-0.1, -0.05) is 13.0 Å². The lowest BCUT2D eigenvalue weighted by Gasteiger charge is -2.19. The molecular formula is C18H22N2O3. The SMILES string of the molecule is CCCn1c(C)c(C(N)=O)c(-c2ccc3c(c2)OCCO3)c1C. The van der Waals surface area contributed by atoms with Gasteiger partial charge in [-0.05, 0) is 38.0 Å². The van der Waals surface area contributed by atoms with Gasteiger partial charge >= 0.3 is 0 Å². The molecule has 23 heavy (non-hydrogen) atoms.